The number of imidazole rings is 1. The highest BCUT2D eigenvalue weighted by Gasteiger charge is 2.17. The molecule has 0 saturated carbocycles. The maximum absolute atomic E-state index is 10.9. The zero-order chi connectivity index (χ0) is 18.6. The molecule has 1 N–H and O–H groups in total. The molecule has 0 radical (unpaired) electrons. The summed E-state index contributed by atoms with van der Waals surface area (Å²) in [6, 6.07) is 10.4. The molecule has 0 fully saturated rings. The Labute approximate surface area is 157 Å². The fourth-order valence-corrected chi connectivity index (χ4v) is 3.37. The highest BCUT2D eigenvalue weighted by molar-refractivity contribution is 5.66. The van der Waals surface area contributed by atoms with Gasteiger partial charge >= 0.3 is 5.97 Å². The van der Waals surface area contributed by atoms with Crippen molar-refractivity contribution in [3.05, 3.63) is 54.1 Å². The maximum atomic E-state index is 10.9. The lowest BCUT2D eigenvalue weighted by molar-refractivity contribution is -0.695. The topological polar surface area (TPSA) is 46.1 Å². The van der Waals surface area contributed by atoms with E-state index >= 15 is 0 Å². The summed E-state index contributed by atoms with van der Waals surface area (Å²) in [5, 5.41) is 9.00. The van der Waals surface area contributed by atoms with Crippen LogP contribution in [0.5, 0.6) is 0 Å². The van der Waals surface area contributed by atoms with Gasteiger partial charge in [-0.3, -0.25) is 4.79 Å². The monoisotopic (exact) mass is 357 g/mol. The van der Waals surface area contributed by atoms with Crippen molar-refractivity contribution < 1.29 is 14.5 Å². The van der Waals surface area contributed by atoms with Gasteiger partial charge in [0.05, 0.1) is 6.42 Å². The second-order valence-corrected chi connectivity index (χ2v) is 7.04. The summed E-state index contributed by atoms with van der Waals surface area (Å²) >= 11 is 0. The normalized spacial score (nSPS) is 11.0. The largest absolute Gasteiger partial charge is 0.481 e. The number of benzene rings is 1. The van der Waals surface area contributed by atoms with Crippen LogP contribution in [0.1, 0.15) is 69.7 Å². The molecule has 2 aromatic rings. The highest BCUT2D eigenvalue weighted by Crippen LogP contribution is 2.10. The average Bonchev–Trinajstić information content (AvgIpc) is 3.01. The minimum atomic E-state index is -0.741. The van der Waals surface area contributed by atoms with Gasteiger partial charge in [-0.05, 0) is 12.0 Å². The SMILES string of the molecule is CCCCCCCCCc1n(CCC(=O)O)cc[n+]1Cc1ccccc1. The zero-order valence-electron chi connectivity index (χ0n) is 16.1. The molecule has 1 aromatic heterocycles. The molecule has 0 saturated heterocycles. The lowest BCUT2D eigenvalue weighted by Crippen LogP contribution is -2.38. The smallest absolute Gasteiger partial charge is 0.307 e. The van der Waals surface area contributed by atoms with Crippen molar-refractivity contribution in [3.8, 4) is 0 Å². The van der Waals surface area contributed by atoms with E-state index in [2.05, 4.69) is 46.5 Å². The van der Waals surface area contributed by atoms with Gasteiger partial charge in [-0.1, -0.05) is 75.8 Å². The lowest BCUT2D eigenvalue weighted by atomic mass is 10.1. The molecule has 26 heavy (non-hydrogen) atoms. The molecule has 0 amide bonds. The minimum Gasteiger partial charge on any atom is -0.481 e. The molecule has 0 spiro atoms. The van der Waals surface area contributed by atoms with E-state index in [0.717, 1.165) is 19.4 Å². The van der Waals surface area contributed by atoms with E-state index in [-0.39, 0.29) is 6.42 Å². The fraction of sp³-hybridized carbons (Fsp3) is 0.545. The lowest BCUT2D eigenvalue weighted by Gasteiger charge is -2.06. The number of nitrogens with zero attached hydrogens (tertiary/aromatic N) is 2. The first kappa shape index (κ1) is 20.2. The van der Waals surface area contributed by atoms with Gasteiger partial charge in [0.25, 0.3) is 5.82 Å². The van der Waals surface area contributed by atoms with Gasteiger partial charge in [0, 0.05) is 6.42 Å². The second-order valence-electron chi connectivity index (χ2n) is 7.04. The Balaban J connectivity index is 1.95. The van der Waals surface area contributed by atoms with Gasteiger partial charge in [-0.2, -0.15) is 0 Å². The molecule has 0 aliphatic heterocycles. The number of carboxylic acids is 1. The van der Waals surface area contributed by atoms with E-state index in [9.17, 15) is 4.79 Å². The first-order chi connectivity index (χ1) is 12.7. The molecule has 142 valence electrons. The zero-order valence-corrected chi connectivity index (χ0v) is 16.1. The van der Waals surface area contributed by atoms with E-state index < -0.39 is 5.97 Å². The van der Waals surface area contributed by atoms with Gasteiger partial charge in [-0.25, -0.2) is 9.13 Å². The molecular formula is C22H33N2O2+. The Bertz CT molecular complexity index is 649. The quantitative estimate of drug-likeness (QED) is 0.421. The summed E-state index contributed by atoms with van der Waals surface area (Å²) in [6.07, 6.45) is 14.3. The van der Waals surface area contributed by atoms with Crippen molar-refractivity contribution in [2.24, 2.45) is 0 Å². The van der Waals surface area contributed by atoms with E-state index in [1.54, 1.807) is 0 Å². The van der Waals surface area contributed by atoms with Gasteiger partial charge in [-0.15, -0.1) is 0 Å². The summed E-state index contributed by atoms with van der Waals surface area (Å²) in [5.41, 5.74) is 1.27. The van der Waals surface area contributed by atoms with Gasteiger partial charge < -0.3 is 5.11 Å². The Morgan fingerprint density at radius 1 is 1.04 bits per heavy atom. The number of aryl methyl sites for hydroxylation is 1. The van der Waals surface area contributed by atoms with E-state index in [1.807, 2.05) is 12.3 Å². The first-order valence-corrected chi connectivity index (χ1v) is 10.0. The van der Waals surface area contributed by atoms with Crippen molar-refractivity contribution in [3.63, 3.8) is 0 Å². The Hall–Kier alpha value is -2.10. The first-order valence-electron chi connectivity index (χ1n) is 10.0. The molecule has 1 aromatic carbocycles. The minimum absolute atomic E-state index is 0.171. The summed E-state index contributed by atoms with van der Waals surface area (Å²) in [5.74, 6) is 0.499. The maximum Gasteiger partial charge on any atom is 0.307 e. The number of aliphatic carboxylic acids is 1. The molecule has 0 bridgehead atoms. The van der Waals surface area contributed by atoms with Crippen LogP contribution in [0.25, 0.3) is 0 Å². The van der Waals surface area contributed by atoms with Crippen molar-refractivity contribution in [2.75, 3.05) is 0 Å². The third-order valence-electron chi connectivity index (χ3n) is 4.86. The summed E-state index contributed by atoms with van der Waals surface area (Å²) in [7, 11) is 0. The van der Waals surface area contributed by atoms with Crippen LogP contribution in [-0.4, -0.2) is 15.6 Å². The third-order valence-corrected chi connectivity index (χ3v) is 4.86. The van der Waals surface area contributed by atoms with E-state index in [0.29, 0.717) is 6.54 Å². The third kappa shape index (κ3) is 7.03. The number of rotatable bonds is 13. The molecular weight excluding hydrogens is 324 g/mol. The predicted molar refractivity (Wildman–Crippen MR) is 104 cm³/mol. The van der Waals surface area contributed by atoms with Crippen LogP contribution in [0, 0.1) is 0 Å². The highest BCUT2D eigenvalue weighted by atomic mass is 16.4. The number of carboxylic acid groups (broad SMARTS) is 1. The van der Waals surface area contributed by atoms with Crippen LogP contribution < -0.4 is 4.57 Å². The number of aromatic nitrogens is 2. The van der Waals surface area contributed by atoms with Crippen molar-refractivity contribution >= 4 is 5.97 Å². The van der Waals surface area contributed by atoms with Gasteiger partial charge in [0.2, 0.25) is 0 Å². The summed E-state index contributed by atoms with van der Waals surface area (Å²) in [6.45, 7) is 3.63. The van der Waals surface area contributed by atoms with Crippen LogP contribution in [0.3, 0.4) is 0 Å². The van der Waals surface area contributed by atoms with Crippen LogP contribution in [0.2, 0.25) is 0 Å². The van der Waals surface area contributed by atoms with Crippen LogP contribution in [0.4, 0.5) is 0 Å². The Morgan fingerprint density at radius 2 is 1.73 bits per heavy atom. The number of carbonyl (C=O) groups is 1. The summed E-state index contributed by atoms with van der Waals surface area (Å²) in [4.78, 5) is 10.9. The van der Waals surface area contributed by atoms with Crippen LogP contribution in [-0.2, 0) is 24.3 Å². The molecule has 0 atom stereocenters. The van der Waals surface area contributed by atoms with Crippen molar-refractivity contribution in [1.82, 2.24) is 4.57 Å². The predicted octanol–water partition coefficient (Wildman–Crippen LogP) is 4.59. The van der Waals surface area contributed by atoms with E-state index in [4.69, 9.17) is 5.11 Å². The average molecular weight is 358 g/mol. The van der Waals surface area contributed by atoms with Crippen LogP contribution >= 0.6 is 0 Å². The Morgan fingerprint density at radius 3 is 2.42 bits per heavy atom. The standard InChI is InChI=1S/C22H32N2O2/c1-2-3-4-5-6-7-11-14-21-23(16-15-22(25)26)17-18-24(21)19-20-12-9-8-10-13-20/h8-10,12-13,17-18H,2-7,11,14-16,19H2,1H3/p+1. The second kappa shape index (κ2) is 11.5. The molecule has 1 heterocycles. The summed E-state index contributed by atoms with van der Waals surface area (Å²) < 4.78 is 4.39. The number of unbranched alkanes of at least 4 members (excludes halogenated alkanes) is 6. The molecule has 0 aliphatic carbocycles. The number of hydrogen-bond acceptors (Lipinski definition) is 1. The van der Waals surface area contributed by atoms with E-state index in [1.165, 1.54) is 49.9 Å². The fourth-order valence-electron chi connectivity index (χ4n) is 3.37. The molecule has 0 aliphatic rings. The van der Waals surface area contributed by atoms with Crippen LogP contribution in [0.15, 0.2) is 42.7 Å². The molecule has 0 unspecified atom stereocenters. The molecule has 4 heteroatoms. The Kier molecular flexibility index (Phi) is 8.94. The van der Waals surface area contributed by atoms with Crippen molar-refractivity contribution in [2.45, 2.75) is 77.8 Å². The number of hydrogen-bond donors (Lipinski definition) is 1. The molecule has 2 rings (SSSR count). The van der Waals surface area contributed by atoms with Crippen molar-refractivity contribution in [1.29, 1.82) is 0 Å². The van der Waals surface area contributed by atoms with Gasteiger partial charge in [0.1, 0.15) is 25.5 Å². The molecule has 4 nitrogen and oxygen atoms in total. The van der Waals surface area contributed by atoms with Gasteiger partial charge in [0.15, 0.2) is 0 Å².